The van der Waals surface area contributed by atoms with Gasteiger partial charge in [0.05, 0.1) is 15.8 Å². The van der Waals surface area contributed by atoms with Gasteiger partial charge >= 0.3 is 6.09 Å². The van der Waals surface area contributed by atoms with Crippen molar-refractivity contribution in [3.05, 3.63) is 0 Å². The van der Waals surface area contributed by atoms with E-state index in [-0.39, 0.29) is 0 Å². The molecule has 4 nitrogen and oxygen atoms in total. The Bertz CT molecular complexity index is 160. The Morgan fingerprint density at radius 3 is 2.62 bits per heavy atom. The molecule has 0 unspecified atom stereocenters. The Hall–Kier alpha value is 0.310. The smallest absolute Gasteiger partial charge is 0.407 e. The summed E-state index contributed by atoms with van der Waals surface area (Å²) < 4.78 is 9.95. The second-order valence-corrected chi connectivity index (χ2v) is 4.75. The SMILES string of the molecule is CC(C)(C)OC(=O)NCCOSI. The van der Waals surface area contributed by atoms with Crippen LogP contribution in [0.25, 0.3) is 0 Å². The molecule has 0 fully saturated rings. The Balaban J connectivity index is 3.41. The minimum Gasteiger partial charge on any atom is -0.444 e. The van der Waals surface area contributed by atoms with Crippen LogP contribution in [0.3, 0.4) is 0 Å². The lowest BCUT2D eigenvalue weighted by Crippen LogP contribution is -2.34. The Labute approximate surface area is 94.9 Å². The van der Waals surface area contributed by atoms with Gasteiger partial charge in [0.2, 0.25) is 0 Å². The summed E-state index contributed by atoms with van der Waals surface area (Å²) in [6.45, 7) is 6.41. The molecule has 0 saturated carbocycles. The molecular formula is C7H14INO3S. The number of carbonyl (C=O) groups is 1. The minimum atomic E-state index is -0.442. The van der Waals surface area contributed by atoms with Crippen LogP contribution in [0.1, 0.15) is 20.8 Å². The van der Waals surface area contributed by atoms with Gasteiger partial charge in [0, 0.05) is 27.8 Å². The van der Waals surface area contributed by atoms with Gasteiger partial charge in [0.15, 0.2) is 0 Å². The van der Waals surface area contributed by atoms with Crippen LogP contribution in [0.4, 0.5) is 4.79 Å². The van der Waals surface area contributed by atoms with Gasteiger partial charge in [0.1, 0.15) is 5.60 Å². The van der Waals surface area contributed by atoms with E-state index in [0.717, 1.165) is 0 Å². The minimum absolute atomic E-state index is 0.408. The van der Waals surface area contributed by atoms with Crippen LogP contribution in [0.15, 0.2) is 0 Å². The van der Waals surface area contributed by atoms with Crippen molar-refractivity contribution in [1.29, 1.82) is 0 Å². The zero-order valence-electron chi connectivity index (χ0n) is 7.93. The molecule has 0 atom stereocenters. The molecule has 0 bridgehead atoms. The van der Waals surface area contributed by atoms with Crippen molar-refractivity contribution in [2.75, 3.05) is 13.2 Å². The molecule has 1 N–H and O–H groups in total. The van der Waals surface area contributed by atoms with E-state index < -0.39 is 11.7 Å². The van der Waals surface area contributed by atoms with E-state index in [1.165, 1.54) is 9.21 Å². The third-order valence-electron chi connectivity index (χ3n) is 0.898. The number of halogens is 1. The molecule has 0 aromatic heterocycles. The molecule has 0 aliphatic rings. The molecule has 0 aliphatic heterocycles. The molecule has 0 spiro atoms. The molecule has 0 rings (SSSR count). The Morgan fingerprint density at radius 1 is 1.54 bits per heavy atom. The van der Waals surface area contributed by atoms with Crippen LogP contribution in [0.2, 0.25) is 0 Å². The van der Waals surface area contributed by atoms with Crippen molar-refractivity contribution in [3.8, 4) is 0 Å². The summed E-state index contributed by atoms with van der Waals surface area (Å²) in [7, 11) is 1.24. The fourth-order valence-electron chi connectivity index (χ4n) is 0.540. The lowest BCUT2D eigenvalue weighted by Gasteiger charge is -2.19. The number of hydrogen-bond donors (Lipinski definition) is 1. The highest BCUT2D eigenvalue weighted by Gasteiger charge is 2.15. The van der Waals surface area contributed by atoms with Crippen LogP contribution in [0, 0.1) is 0 Å². The highest BCUT2D eigenvalue weighted by Crippen LogP contribution is 2.11. The molecule has 0 aliphatic carbocycles. The third kappa shape index (κ3) is 10.2. The van der Waals surface area contributed by atoms with Gasteiger partial charge in [-0.25, -0.2) is 4.79 Å². The second-order valence-electron chi connectivity index (χ2n) is 3.31. The van der Waals surface area contributed by atoms with Crippen LogP contribution in [-0.4, -0.2) is 24.8 Å². The maximum absolute atomic E-state index is 11.0. The standard InChI is InChI=1S/C7H14INO3S/c1-7(2,3)12-6(10)9-4-5-11-13-8/h4-5H2,1-3H3,(H,9,10). The van der Waals surface area contributed by atoms with Gasteiger partial charge in [-0.2, -0.15) is 0 Å². The third-order valence-corrected chi connectivity index (χ3v) is 1.92. The highest BCUT2D eigenvalue weighted by atomic mass is 127. The van der Waals surface area contributed by atoms with Crippen LogP contribution >= 0.6 is 30.4 Å². The maximum Gasteiger partial charge on any atom is 0.407 e. The van der Waals surface area contributed by atoms with Crippen molar-refractivity contribution in [1.82, 2.24) is 5.32 Å². The van der Waals surface area contributed by atoms with Crippen molar-refractivity contribution >= 4 is 36.5 Å². The van der Waals surface area contributed by atoms with E-state index in [9.17, 15) is 4.79 Å². The Kier molecular flexibility index (Phi) is 6.88. The average molecular weight is 319 g/mol. The fourth-order valence-corrected chi connectivity index (χ4v) is 1.23. The number of amides is 1. The second kappa shape index (κ2) is 6.72. The summed E-state index contributed by atoms with van der Waals surface area (Å²) in [6.07, 6.45) is -0.408. The van der Waals surface area contributed by atoms with Gasteiger partial charge in [-0.05, 0) is 20.8 Å². The lowest BCUT2D eigenvalue weighted by molar-refractivity contribution is 0.0522. The highest BCUT2D eigenvalue weighted by molar-refractivity contribution is 14.2. The normalized spacial score (nSPS) is 11.1. The summed E-state index contributed by atoms with van der Waals surface area (Å²) in [5.41, 5.74) is -0.442. The quantitative estimate of drug-likeness (QED) is 0.491. The van der Waals surface area contributed by atoms with Crippen LogP contribution < -0.4 is 5.32 Å². The van der Waals surface area contributed by atoms with E-state index in [1.54, 1.807) is 0 Å². The first-order chi connectivity index (χ1) is 5.95. The van der Waals surface area contributed by atoms with Crippen LogP contribution in [-0.2, 0) is 8.92 Å². The van der Waals surface area contributed by atoms with Gasteiger partial charge in [-0.1, -0.05) is 0 Å². The zero-order chi connectivity index (χ0) is 10.3. The monoisotopic (exact) mass is 319 g/mol. The molecule has 1 amide bonds. The van der Waals surface area contributed by atoms with E-state index in [2.05, 4.69) is 5.32 Å². The molecule has 0 aromatic rings. The van der Waals surface area contributed by atoms with Crippen molar-refractivity contribution in [2.45, 2.75) is 26.4 Å². The van der Waals surface area contributed by atoms with E-state index in [0.29, 0.717) is 13.2 Å². The zero-order valence-corrected chi connectivity index (χ0v) is 10.9. The van der Waals surface area contributed by atoms with Crippen LogP contribution in [0.5, 0.6) is 0 Å². The topological polar surface area (TPSA) is 47.6 Å². The molecule has 78 valence electrons. The van der Waals surface area contributed by atoms with Gasteiger partial charge in [-0.3, -0.25) is 0 Å². The summed E-state index contributed by atoms with van der Waals surface area (Å²) in [6, 6.07) is 0. The van der Waals surface area contributed by atoms with Gasteiger partial charge in [-0.15, -0.1) is 0 Å². The summed E-state index contributed by atoms with van der Waals surface area (Å²) in [5.74, 6) is 0. The number of carbonyl (C=O) groups excluding carboxylic acids is 1. The first kappa shape index (κ1) is 13.3. The van der Waals surface area contributed by atoms with E-state index in [1.807, 2.05) is 42.0 Å². The van der Waals surface area contributed by atoms with E-state index >= 15 is 0 Å². The Morgan fingerprint density at radius 2 is 2.15 bits per heavy atom. The molecule has 0 aromatic carbocycles. The van der Waals surface area contributed by atoms with Gasteiger partial charge < -0.3 is 14.2 Å². The molecule has 0 heterocycles. The molecule has 0 radical (unpaired) electrons. The molecule has 13 heavy (non-hydrogen) atoms. The number of alkyl carbamates (subject to hydrolysis) is 1. The van der Waals surface area contributed by atoms with Crippen molar-refractivity contribution < 1.29 is 13.7 Å². The molecule has 0 saturated heterocycles. The number of ether oxygens (including phenoxy) is 1. The predicted octanol–water partition coefficient (Wildman–Crippen LogP) is 2.53. The predicted molar refractivity (Wildman–Crippen MR) is 61.8 cm³/mol. The summed E-state index contributed by atoms with van der Waals surface area (Å²) in [4.78, 5) is 11.0. The summed E-state index contributed by atoms with van der Waals surface area (Å²) >= 11 is 2.02. The number of rotatable bonds is 4. The molecular weight excluding hydrogens is 305 g/mol. The largest absolute Gasteiger partial charge is 0.444 e. The van der Waals surface area contributed by atoms with Crippen molar-refractivity contribution in [3.63, 3.8) is 0 Å². The first-order valence-electron chi connectivity index (χ1n) is 3.83. The summed E-state index contributed by atoms with van der Waals surface area (Å²) in [5, 5.41) is 2.57. The average Bonchev–Trinajstić information content (AvgIpc) is 1.94. The molecule has 6 heteroatoms. The maximum atomic E-state index is 11.0. The fraction of sp³-hybridized carbons (Fsp3) is 0.857. The lowest BCUT2D eigenvalue weighted by atomic mass is 10.2. The van der Waals surface area contributed by atoms with Gasteiger partial charge in [0.25, 0.3) is 0 Å². The first-order valence-corrected chi connectivity index (χ1v) is 7.11. The van der Waals surface area contributed by atoms with Crippen molar-refractivity contribution in [2.24, 2.45) is 0 Å². The number of hydrogen-bond acceptors (Lipinski definition) is 4. The van der Waals surface area contributed by atoms with E-state index in [4.69, 9.17) is 8.92 Å². The number of nitrogens with one attached hydrogen (secondary N) is 1.